The van der Waals surface area contributed by atoms with Crippen LogP contribution in [-0.2, 0) is 10.7 Å². The Bertz CT molecular complexity index is 593. The fourth-order valence-corrected chi connectivity index (χ4v) is 3.78. The Morgan fingerprint density at radius 1 is 1.35 bits per heavy atom. The van der Waals surface area contributed by atoms with Gasteiger partial charge in [-0.2, -0.15) is 9.62 Å². The van der Waals surface area contributed by atoms with Crippen LogP contribution in [0.2, 0.25) is 5.02 Å². The second-order valence-corrected chi connectivity index (χ2v) is 8.04. The Kier molecular flexibility index (Phi) is 5.73. The Labute approximate surface area is 127 Å². The van der Waals surface area contributed by atoms with Crippen LogP contribution >= 0.6 is 11.6 Å². The zero-order chi connectivity index (χ0) is 15.4. The zero-order valence-electron chi connectivity index (χ0n) is 12.0. The van der Waals surface area contributed by atoms with E-state index in [0.717, 1.165) is 0 Å². The number of amides is 1. The number of rotatable bonds is 3. The maximum atomic E-state index is 12.3. The molecule has 108 valence electrons. The SMILES string of the molecule is CC(C)S(=NC(=O)c1cc(C#N)cc(Cl)c1N)C(C)C. The molecule has 0 aromatic heterocycles. The minimum Gasteiger partial charge on any atom is -0.397 e. The van der Waals surface area contributed by atoms with Crippen LogP contribution in [0.4, 0.5) is 5.69 Å². The number of carbonyl (C=O) groups is 1. The first-order chi connectivity index (χ1) is 9.27. The van der Waals surface area contributed by atoms with Crippen molar-refractivity contribution in [3.05, 3.63) is 28.3 Å². The van der Waals surface area contributed by atoms with Gasteiger partial charge in [0.05, 0.1) is 27.9 Å². The third kappa shape index (κ3) is 3.81. The second-order valence-electron chi connectivity index (χ2n) is 4.87. The third-order valence-corrected chi connectivity index (χ3v) is 5.26. The molecule has 4 nitrogen and oxygen atoms in total. The number of nitrogen functional groups attached to an aromatic ring is 1. The standard InChI is InChI=1S/C14H18ClN3OS/c1-8(2)20(9(3)4)18-14(19)11-5-10(7-16)6-12(15)13(11)17/h5-6,8-9H,17H2,1-4H3. The second kappa shape index (κ2) is 6.87. The number of nitrogens with zero attached hydrogens (tertiary/aromatic N) is 2. The van der Waals surface area contributed by atoms with E-state index in [4.69, 9.17) is 22.6 Å². The molecule has 0 bridgehead atoms. The lowest BCUT2D eigenvalue weighted by atomic mass is 10.1. The van der Waals surface area contributed by atoms with Gasteiger partial charge in [0, 0.05) is 10.5 Å². The average molecular weight is 312 g/mol. The zero-order valence-corrected chi connectivity index (χ0v) is 13.5. The molecular formula is C14H18ClN3OS. The van der Waals surface area contributed by atoms with Gasteiger partial charge in [-0.25, -0.2) is 0 Å². The molecule has 1 aromatic rings. The molecule has 0 aliphatic rings. The maximum Gasteiger partial charge on any atom is 0.285 e. The first kappa shape index (κ1) is 16.7. The van der Waals surface area contributed by atoms with E-state index in [9.17, 15) is 4.79 Å². The van der Waals surface area contributed by atoms with Crippen LogP contribution in [-0.4, -0.2) is 16.4 Å². The van der Waals surface area contributed by atoms with Gasteiger partial charge >= 0.3 is 0 Å². The number of carbonyl (C=O) groups excluding carboxylic acids is 1. The van der Waals surface area contributed by atoms with Gasteiger partial charge in [0.1, 0.15) is 0 Å². The van der Waals surface area contributed by atoms with Crippen molar-refractivity contribution in [2.45, 2.75) is 38.2 Å². The lowest BCUT2D eigenvalue weighted by Crippen LogP contribution is -2.18. The van der Waals surface area contributed by atoms with Crippen LogP contribution in [0.15, 0.2) is 16.5 Å². The molecule has 0 unspecified atom stereocenters. The van der Waals surface area contributed by atoms with Gasteiger partial charge in [-0.15, -0.1) is 0 Å². The van der Waals surface area contributed by atoms with Crippen molar-refractivity contribution in [2.24, 2.45) is 4.36 Å². The van der Waals surface area contributed by atoms with Crippen LogP contribution in [0.5, 0.6) is 0 Å². The van der Waals surface area contributed by atoms with Gasteiger partial charge in [0.2, 0.25) is 0 Å². The van der Waals surface area contributed by atoms with E-state index >= 15 is 0 Å². The van der Waals surface area contributed by atoms with Gasteiger partial charge in [-0.3, -0.25) is 4.79 Å². The third-order valence-electron chi connectivity index (χ3n) is 2.64. The Morgan fingerprint density at radius 3 is 2.35 bits per heavy atom. The fraction of sp³-hybridized carbons (Fsp3) is 0.429. The van der Waals surface area contributed by atoms with Crippen LogP contribution in [0, 0.1) is 11.3 Å². The van der Waals surface area contributed by atoms with Crippen LogP contribution in [0.3, 0.4) is 0 Å². The monoisotopic (exact) mass is 311 g/mol. The number of benzene rings is 1. The van der Waals surface area contributed by atoms with Crippen molar-refractivity contribution in [3.8, 4) is 6.07 Å². The van der Waals surface area contributed by atoms with Gasteiger partial charge in [-0.1, -0.05) is 50.0 Å². The van der Waals surface area contributed by atoms with Gasteiger partial charge in [0.15, 0.2) is 0 Å². The van der Waals surface area contributed by atoms with E-state index < -0.39 is 5.91 Å². The molecule has 20 heavy (non-hydrogen) atoms. The van der Waals surface area contributed by atoms with Crippen molar-refractivity contribution < 1.29 is 4.79 Å². The average Bonchev–Trinajstić information content (AvgIpc) is 2.37. The first-order valence-electron chi connectivity index (χ1n) is 6.25. The quantitative estimate of drug-likeness (QED) is 0.867. The summed E-state index contributed by atoms with van der Waals surface area (Å²) in [7, 11) is -0.388. The van der Waals surface area contributed by atoms with Crippen LogP contribution < -0.4 is 5.73 Å². The minimum absolute atomic E-state index is 0.176. The van der Waals surface area contributed by atoms with Crippen LogP contribution in [0.25, 0.3) is 0 Å². The molecule has 0 aliphatic heterocycles. The Morgan fingerprint density at radius 2 is 1.90 bits per heavy atom. The molecule has 0 saturated heterocycles. The summed E-state index contributed by atoms with van der Waals surface area (Å²) in [6.45, 7) is 8.12. The molecule has 6 heteroatoms. The predicted octanol–water partition coefficient (Wildman–Crippen LogP) is 3.55. The normalized spacial score (nSPS) is 10.9. The number of hydrogen-bond acceptors (Lipinski definition) is 3. The number of nitriles is 1. The van der Waals surface area contributed by atoms with E-state index in [1.54, 1.807) is 0 Å². The van der Waals surface area contributed by atoms with Crippen molar-refractivity contribution in [2.75, 3.05) is 5.73 Å². The summed E-state index contributed by atoms with van der Waals surface area (Å²) in [4.78, 5) is 12.3. The molecule has 0 heterocycles. The van der Waals surface area contributed by atoms with Gasteiger partial charge in [0.25, 0.3) is 5.91 Å². The van der Waals surface area contributed by atoms with E-state index in [2.05, 4.69) is 4.36 Å². The highest BCUT2D eigenvalue weighted by Gasteiger charge is 2.16. The topological polar surface area (TPSA) is 79.2 Å². The van der Waals surface area contributed by atoms with E-state index in [1.807, 2.05) is 33.8 Å². The Hall–Kier alpha value is -1.38. The lowest BCUT2D eigenvalue weighted by molar-refractivity contribution is 0.101. The summed E-state index contributed by atoms with van der Waals surface area (Å²) < 4.78 is 4.26. The van der Waals surface area contributed by atoms with E-state index in [1.165, 1.54) is 12.1 Å². The maximum absolute atomic E-state index is 12.3. The number of halogens is 1. The molecule has 2 N–H and O–H groups in total. The number of nitrogens with two attached hydrogens (primary N) is 1. The van der Waals surface area contributed by atoms with Crippen molar-refractivity contribution in [3.63, 3.8) is 0 Å². The minimum atomic E-state index is -0.410. The summed E-state index contributed by atoms with van der Waals surface area (Å²) in [5, 5.41) is 9.68. The molecule has 1 amide bonds. The van der Waals surface area contributed by atoms with Crippen molar-refractivity contribution >= 4 is 33.9 Å². The molecule has 0 saturated carbocycles. The van der Waals surface area contributed by atoms with Crippen molar-refractivity contribution in [1.82, 2.24) is 0 Å². The van der Waals surface area contributed by atoms with Gasteiger partial charge in [-0.05, 0) is 12.1 Å². The summed E-state index contributed by atoms with van der Waals surface area (Å²) in [6.07, 6.45) is 0. The number of hydrogen-bond donors (Lipinski definition) is 1. The summed E-state index contributed by atoms with van der Waals surface area (Å²) in [6, 6.07) is 4.84. The van der Waals surface area contributed by atoms with Gasteiger partial charge < -0.3 is 5.73 Å². The van der Waals surface area contributed by atoms with Crippen LogP contribution in [0.1, 0.15) is 43.6 Å². The van der Waals surface area contributed by atoms with Crippen molar-refractivity contribution in [1.29, 1.82) is 5.26 Å². The van der Waals surface area contributed by atoms with E-state index in [0.29, 0.717) is 5.56 Å². The smallest absolute Gasteiger partial charge is 0.285 e. The molecule has 0 atom stereocenters. The largest absolute Gasteiger partial charge is 0.397 e. The first-order valence-corrected chi connectivity index (χ1v) is 7.93. The highest BCUT2D eigenvalue weighted by Crippen LogP contribution is 2.26. The lowest BCUT2D eigenvalue weighted by Gasteiger charge is -2.15. The molecular weight excluding hydrogens is 294 g/mol. The number of anilines is 1. The molecule has 0 fully saturated rings. The molecule has 0 radical (unpaired) electrons. The molecule has 0 aliphatic carbocycles. The Balaban J connectivity index is 3.32. The van der Waals surface area contributed by atoms with E-state index in [-0.39, 0.29) is 37.5 Å². The molecule has 1 aromatic carbocycles. The summed E-state index contributed by atoms with van der Waals surface area (Å²) in [5.74, 6) is -0.410. The summed E-state index contributed by atoms with van der Waals surface area (Å²) >= 11 is 5.94. The molecule has 1 rings (SSSR count). The fourth-order valence-electron chi connectivity index (χ4n) is 1.76. The highest BCUT2D eigenvalue weighted by atomic mass is 35.5. The highest BCUT2D eigenvalue weighted by molar-refractivity contribution is 7.88. The predicted molar refractivity (Wildman–Crippen MR) is 85.0 cm³/mol. The summed E-state index contributed by atoms with van der Waals surface area (Å²) in [5.41, 5.74) is 6.50. The molecule has 0 spiro atoms.